The van der Waals surface area contributed by atoms with Gasteiger partial charge in [0.1, 0.15) is 4.90 Å². The molecule has 2 rings (SSSR count). The molecule has 1 aromatic carbocycles. The van der Waals surface area contributed by atoms with Gasteiger partial charge in [0.2, 0.25) is 0 Å². The van der Waals surface area contributed by atoms with Crippen molar-refractivity contribution in [1.29, 1.82) is 0 Å². The van der Waals surface area contributed by atoms with E-state index in [1.807, 2.05) is 13.0 Å². The second-order valence-electron chi connectivity index (χ2n) is 3.60. The van der Waals surface area contributed by atoms with E-state index in [0.29, 0.717) is 16.6 Å². The van der Waals surface area contributed by atoms with E-state index in [0.717, 1.165) is 5.56 Å². The first-order valence-electron chi connectivity index (χ1n) is 4.46. The third kappa shape index (κ3) is 1.64. The van der Waals surface area contributed by atoms with Crippen molar-refractivity contribution in [3.05, 3.63) is 29.5 Å². The number of aryl methyl sites for hydroxylation is 2. The highest BCUT2D eigenvalue weighted by atomic mass is 32.2. The van der Waals surface area contributed by atoms with Crippen molar-refractivity contribution in [2.75, 3.05) is 0 Å². The topological polar surface area (TPSA) is 70.2 Å². The SMILES string of the molecule is Cc1ccc2[nH]c(C)c(S(=O)(=O)O)c2c1. The lowest BCUT2D eigenvalue weighted by molar-refractivity contribution is 0.483. The molecule has 0 spiro atoms. The first-order valence-corrected chi connectivity index (χ1v) is 5.90. The van der Waals surface area contributed by atoms with Crippen LogP contribution in [0.5, 0.6) is 0 Å². The molecule has 0 radical (unpaired) electrons. The number of benzene rings is 1. The molecule has 0 aliphatic heterocycles. The fourth-order valence-corrected chi connectivity index (χ4v) is 2.63. The van der Waals surface area contributed by atoms with Crippen LogP contribution in [0.3, 0.4) is 0 Å². The second-order valence-corrected chi connectivity index (χ2v) is 4.96. The fourth-order valence-electron chi connectivity index (χ4n) is 1.75. The molecule has 5 heteroatoms. The van der Waals surface area contributed by atoms with Crippen LogP contribution in [-0.2, 0) is 10.1 Å². The molecule has 0 unspecified atom stereocenters. The van der Waals surface area contributed by atoms with Gasteiger partial charge in [-0.1, -0.05) is 11.6 Å². The van der Waals surface area contributed by atoms with Crippen LogP contribution in [0.4, 0.5) is 0 Å². The molecule has 4 nitrogen and oxygen atoms in total. The highest BCUT2D eigenvalue weighted by Gasteiger charge is 2.19. The first kappa shape index (κ1) is 10.2. The normalized spacial score (nSPS) is 12.2. The second kappa shape index (κ2) is 3.08. The molecule has 1 aromatic heterocycles. The quantitative estimate of drug-likeness (QED) is 0.729. The number of rotatable bonds is 1. The molecule has 15 heavy (non-hydrogen) atoms. The van der Waals surface area contributed by atoms with Crippen LogP contribution in [0, 0.1) is 13.8 Å². The van der Waals surface area contributed by atoms with E-state index in [1.165, 1.54) is 0 Å². The van der Waals surface area contributed by atoms with Gasteiger partial charge >= 0.3 is 0 Å². The lowest BCUT2D eigenvalue weighted by atomic mass is 10.2. The smallest absolute Gasteiger partial charge is 0.296 e. The molecule has 1 heterocycles. The summed E-state index contributed by atoms with van der Waals surface area (Å²) in [6, 6.07) is 5.42. The molecule has 2 N–H and O–H groups in total. The summed E-state index contributed by atoms with van der Waals surface area (Å²) < 4.78 is 31.5. The molecular weight excluding hydrogens is 214 g/mol. The van der Waals surface area contributed by atoms with E-state index < -0.39 is 10.1 Å². The number of hydrogen-bond donors (Lipinski definition) is 2. The zero-order chi connectivity index (χ0) is 11.2. The number of aromatic nitrogens is 1. The standard InChI is InChI=1S/C10H11NO3S/c1-6-3-4-9-8(5-6)10(7(2)11-9)15(12,13)14/h3-5,11H,1-2H3,(H,12,13,14). The summed E-state index contributed by atoms with van der Waals surface area (Å²) in [4.78, 5) is 2.89. The van der Waals surface area contributed by atoms with Gasteiger partial charge in [-0.3, -0.25) is 4.55 Å². The van der Waals surface area contributed by atoms with E-state index in [-0.39, 0.29) is 4.90 Å². The summed E-state index contributed by atoms with van der Waals surface area (Å²) in [6.45, 7) is 3.49. The van der Waals surface area contributed by atoms with Crippen LogP contribution in [0.25, 0.3) is 10.9 Å². The number of H-pyrrole nitrogens is 1. The Morgan fingerprint density at radius 1 is 1.27 bits per heavy atom. The molecule has 2 aromatic rings. The van der Waals surface area contributed by atoms with Gasteiger partial charge < -0.3 is 4.98 Å². The fraction of sp³-hybridized carbons (Fsp3) is 0.200. The summed E-state index contributed by atoms with van der Waals surface area (Å²) >= 11 is 0. The Bertz CT molecular complexity index is 625. The average molecular weight is 225 g/mol. The van der Waals surface area contributed by atoms with Crippen LogP contribution >= 0.6 is 0 Å². The Labute approximate surface area is 87.7 Å². The van der Waals surface area contributed by atoms with Gasteiger partial charge in [0, 0.05) is 16.6 Å². The average Bonchev–Trinajstić information content (AvgIpc) is 2.38. The molecule has 0 aliphatic carbocycles. The number of aromatic amines is 1. The van der Waals surface area contributed by atoms with Crippen LogP contribution in [0.1, 0.15) is 11.3 Å². The third-order valence-electron chi connectivity index (χ3n) is 2.34. The largest absolute Gasteiger partial charge is 0.357 e. The minimum atomic E-state index is -4.16. The summed E-state index contributed by atoms with van der Waals surface area (Å²) in [7, 11) is -4.16. The maximum Gasteiger partial charge on any atom is 0.296 e. The van der Waals surface area contributed by atoms with Crippen molar-refractivity contribution in [3.63, 3.8) is 0 Å². The molecule has 0 bridgehead atoms. The van der Waals surface area contributed by atoms with Gasteiger partial charge in [0.05, 0.1) is 0 Å². The van der Waals surface area contributed by atoms with Gasteiger partial charge in [0.15, 0.2) is 0 Å². The zero-order valence-electron chi connectivity index (χ0n) is 8.40. The van der Waals surface area contributed by atoms with E-state index >= 15 is 0 Å². The highest BCUT2D eigenvalue weighted by molar-refractivity contribution is 7.86. The van der Waals surface area contributed by atoms with E-state index in [9.17, 15) is 8.42 Å². The molecule has 0 aliphatic rings. The van der Waals surface area contributed by atoms with Crippen molar-refractivity contribution in [2.45, 2.75) is 18.7 Å². The molecule has 0 saturated heterocycles. The van der Waals surface area contributed by atoms with Gasteiger partial charge in [-0.15, -0.1) is 0 Å². The van der Waals surface area contributed by atoms with Gasteiger partial charge in [-0.2, -0.15) is 8.42 Å². The van der Waals surface area contributed by atoms with Crippen LogP contribution in [0.15, 0.2) is 23.1 Å². The molecular formula is C10H11NO3S. The van der Waals surface area contributed by atoms with Crippen molar-refractivity contribution in [1.82, 2.24) is 4.98 Å². The van der Waals surface area contributed by atoms with Crippen LogP contribution in [0.2, 0.25) is 0 Å². The molecule has 0 amide bonds. The lowest BCUT2D eigenvalue weighted by Gasteiger charge is -1.97. The predicted molar refractivity (Wildman–Crippen MR) is 57.6 cm³/mol. The minimum absolute atomic E-state index is 0.0267. The first-order chi connectivity index (χ1) is 6.89. The minimum Gasteiger partial charge on any atom is -0.357 e. The third-order valence-corrected chi connectivity index (χ3v) is 3.38. The monoisotopic (exact) mass is 225 g/mol. The maximum atomic E-state index is 11.2. The van der Waals surface area contributed by atoms with Gasteiger partial charge in [-0.05, 0) is 26.0 Å². The Morgan fingerprint density at radius 3 is 2.53 bits per heavy atom. The van der Waals surface area contributed by atoms with Crippen LogP contribution < -0.4 is 0 Å². The highest BCUT2D eigenvalue weighted by Crippen LogP contribution is 2.26. The van der Waals surface area contributed by atoms with E-state index in [1.54, 1.807) is 19.1 Å². The summed E-state index contributed by atoms with van der Waals surface area (Å²) in [6.07, 6.45) is 0. The van der Waals surface area contributed by atoms with Crippen molar-refractivity contribution in [3.8, 4) is 0 Å². The van der Waals surface area contributed by atoms with Gasteiger partial charge in [0.25, 0.3) is 10.1 Å². The molecule has 0 fully saturated rings. The van der Waals surface area contributed by atoms with Crippen molar-refractivity contribution < 1.29 is 13.0 Å². The van der Waals surface area contributed by atoms with Gasteiger partial charge in [-0.25, -0.2) is 0 Å². The van der Waals surface area contributed by atoms with Crippen LogP contribution in [-0.4, -0.2) is 18.0 Å². The summed E-state index contributed by atoms with van der Waals surface area (Å²) in [5.74, 6) is 0. The van der Waals surface area contributed by atoms with E-state index in [4.69, 9.17) is 4.55 Å². The summed E-state index contributed by atoms with van der Waals surface area (Å²) in [5.41, 5.74) is 2.12. The molecule has 0 saturated carbocycles. The Hall–Kier alpha value is -1.33. The summed E-state index contributed by atoms with van der Waals surface area (Å²) in [5, 5.41) is 0.537. The number of nitrogens with one attached hydrogen (secondary N) is 1. The van der Waals surface area contributed by atoms with Crippen molar-refractivity contribution >= 4 is 21.0 Å². The zero-order valence-corrected chi connectivity index (χ0v) is 9.22. The Kier molecular flexibility index (Phi) is 2.09. The van der Waals surface area contributed by atoms with Crippen molar-refractivity contribution in [2.24, 2.45) is 0 Å². The van der Waals surface area contributed by atoms with E-state index in [2.05, 4.69) is 4.98 Å². The molecule has 80 valence electrons. The maximum absolute atomic E-state index is 11.2. The molecule has 0 atom stereocenters. The lowest BCUT2D eigenvalue weighted by Crippen LogP contribution is -1.98. The Morgan fingerprint density at radius 2 is 1.93 bits per heavy atom. The predicted octanol–water partition coefficient (Wildman–Crippen LogP) is 2.03. The Balaban J connectivity index is 2.95. The number of fused-ring (bicyclic) bond motifs is 1. The number of hydrogen-bond acceptors (Lipinski definition) is 2.